The molecule has 170 valence electrons. The molecule has 2 aromatic carbocycles. The minimum absolute atomic E-state index is 0.544. The summed E-state index contributed by atoms with van der Waals surface area (Å²) in [5.41, 5.74) is 2.26. The fraction of sp³-hybridized carbons (Fsp3) is 0.458. The molecule has 0 aromatic heterocycles. The Morgan fingerprint density at radius 2 is 1.55 bits per heavy atom. The van der Waals surface area contributed by atoms with Crippen LogP contribution in [-0.2, 0) is 22.6 Å². The molecular formula is C24H35N3O4. The van der Waals surface area contributed by atoms with E-state index in [1.165, 1.54) is 0 Å². The SMILES string of the molecule is CCOCCCNC(=NCc1ccc(OC)cc1)NCc1ccc(OCCOC)cc1. The molecule has 7 heteroatoms. The van der Waals surface area contributed by atoms with Crippen molar-refractivity contribution in [2.75, 3.05) is 47.2 Å². The zero-order valence-corrected chi connectivity index (χ0v) is 18.9. The highest BCUT2D eigenvalue weighted by atomic mass is 16.5. The molecule has 7 nitrogen and oxygen atoms in total. The maximum atomic E-state index is 5.61. The molecule has 2 aromatic rings. The Bertz CT molecular complexity index is 748. The number of nitrogens with one attached hydrogen (secondary N) is 2. The molecule has 0 atom stereocenters. The predicted octanol–water partition coefficient (Wildman–Crippen LogP) is 3.38. The molecule has 0 unspecified atom stereocenters. The van der Waals surface area contributed by atoms with Crippen molar-refractivity contribution in [3.05, 3.63) is 59.7 Å². The topological polar surface area (TPSA) is 73.3 Å². The molecule has 0 radical (unpaired) electrons. The van der Waals surface area contributed by atoms with Crippen molar-refractivity contribution in [3.63, 3.8) is 0 Å². The Hall–Kier alpha value is -2.77. The summed E-state index contributed by atoms with van der Waals surface area (Å²) in [6.07, 6.45) is 0.921. The third kappa shape index (κ3) is 10.2. The molecule has 0 saturated heterocycles. The van der Waals surface area contributed by atoms with Gasteiger partial charge in [0.25, 0.3) is 0 Å². The number of rotatable bonds is 14. The maximum absolute atomic E-state index is 5.61. The zero-order valence-electron chi connectivity index (χ0n) is 18.9. The van der Waals surface area contributed by atoms with Gasteiger partial charge in [-0.15, -0.1) is 0 Å². The predicted molar refractivity (Wildman–Crippen MR) is 124 cm³/mol. The fourth-order valence-electron chi connectivity index (χ4n) is 2.73. The molecule has 2 N–H and O–H groups in total. The minimum Gasteiger partial charge on any atom is -0.497 e. The normalized spacial score (nSPS) is 11.3. The van der Waals surface area contributed by atoms with Crippen LogP contribution in [0.4, 0.5) is 0 Å². The summed E-state index contributed by atoms with van der Waals surface area (Å²) in [4.78, 5) is 4.72. The number of nitrogens with zero attached hydrogens (tertiary/aromatic N) is 1. The summed E-state index contributed by atoms with van der Waals surface area (Å²) in [7, 11) is 3.33. The van der Waals surface area contributed by atoms with Crippen LogP contribution in [0.3, 0.4) is 0 Å². The standard InChI is InChI=1S/C24H35N3O4/c1-4-30-15-5-14-25-24(26-18-20-6-10-22(29-3)11-7-20)27-19-21-8-12-23(13-9-21)31-17-16-28-2/h6-13H,4-5,14-19H2,1-3H3,(H2,25,26,27). The average Bonchev–Trinajstić information content (AvgIpc) is 2.81. The molecule has 0 aliphatic heterocycles. The fourth-order valence-corrected chi connectivity index (χ4v) is 2.73. The lowest BCUT2D eigenvalue weighted by atomic mass is 10.2. The van der Waals surface area contributed by atoms with Crippen molar-refractivity contribution < 1.29 is 18.9 Å². The highest BCUT2D eigenvalue weighted by Crippen LogP contribution is 2.13. The van der Waals surface area contributed by atoms with Gasteiger partial charge < -0.3 is 29.6 Å². The smallest absolute Gasteiger partial charge is 0.191 e. The van der Waals surface area contributed by atoms with Crippen molar-refractivity contribution in [3.8, 4) is 11.5 Å². The first-order valence-electron chi connectivity index (χ1n) is 10.7. The summed E-state index contributed by atoms with van der Waals surface area (Å²) in [6, 6.07) is 16.0. The van der Waals surface area contributed by atoms with Crippen LogP contribution in [0.2, 0.25) is 0 Å². The van der Waals surface area contributed by atoms with Gasteiger partial charge in [0.05, 0.1) is 20.3 Å². The summed E-state index contributed by atoms with van der Waals surface area (Å²) in [5, 5.41) is 6.79. The summed E-state index contributed by atoms with van der Waals surface area (Å²) in [5.74, 6) is 2.45. The van der Waals surface area contributed by atoms with Crippen molar-refractivity contribution in [2.24, 2.45) is 4.99 Å². The van der Waals surface area contributed by atoms with E-state index in [1.54, 1.807) is 14.2 Å². The minimum atomic E-state index is 0.544. The first-order valence-corrected chi connectivity index (χ1v) is 10.7. The molecule has 0 amide bonds. The zero-order chi connectivity index (χ0) is 22.2. The summed E-state index contributed by atoms with van der Waals surface area (Å²) < 4.78 is 21.2. The lowest BCUT2D eigenvalue weighted by Crippen LogP contribution is -2.37. The van der Waals surface area contributed by atoms with E-state index in [2.05, 4.69) is 10.6 Å². The molecule has 0 aliphatic carbocycles. The van der Waals surface area contributed by atoms with Crippen LogP contribution in [0.5, 0.6) is 11.5 Å². The van der Waals surface area contributed by atoms with E-state index in [0.29, 0.717) is 26.3 Å². The van der Waals surface area contributed by atoms with Crippen molar-refractivity contribution in [2.45, 2.75) is 26.4 Å². The van der Waals surface area contributed by atoms with Crippen molar-refractivity contribution in [1.82, 2.24) is 10.6 Å². The van der Waals surface area contributed by atoms with Gasteiger partial charge in [-0.2, -0.15) is 0 Å². The summed E-state index contributed by atoms with van der Waals surface area (Å²) in [6.45, 7) is 6.64. The van der Waals surface area contributed by atoms with E-state index in [1.807, 2.05) is 55.5 Å². The van der Waals surface area contributed by atoms with Gasteiger partial charge in [-0.05, 0) is 48.7 Å². The third-order valence-corrected chi connectivity index (χ3v) is 4.48. The maximum Gasteiger partial charge on any atom is 0.191 e. The van der Waals surface area contributed by atoms with Gasteiger partial charge in [0.15, 0.2) is 5.96 Å². The molecule has 0 saturated carbocycles. The van der Waals surface area contributed by atoms with E-state index >= 15 is 0 Å². The van der Waals surface area contributed by atoms with Crippen LogP contribution in [-0.4, -0.2) is 53.2 Å². The van der Waals surface area contributed by atoms with Crippen LogP contribution in [0.25, 0.3) is 0 Å². The highest BCUT2D eigenvalue weighted by molar-refractivity contribution is 5.79. The largest absolute Gasteiger partial charge is 0.497 e. The van der Waals surface area contributed by atoms with E-state index in [9.17, 15) is 0 Å². The molecule has 0 aliphatic rings. The highest BCUT2D eigenvalue weighted by Gasteiger charge is 2.02. The van der Waals surface area contributed by atoms with E-state index in [0.717, 1.165) is 54.8 Å². The Labute approximate surface area is 185 Å². The van der Waals surface area contributed by atoms with Crippen LogP contribution in [0.15, 0.2) is 53.5 Å². The van der Waals surface area contributed by atoms with Gasteiger partial charge >= 0.3 is 0 Å². The number of aliphatic imine (C=N–C) groups is 1. The van der Waals surface area contributed by atoms with Crippen LogP contribution in [0.1, 0.15) is 24.5 Å². The van der Waals surface area contributed by atoms with E-state index in [4.69, 9.17) is 23.9 Å². The van der Waals surface area contributed by atoms with Crippen molar-refractivity contribution >= 4 is 5.96 Å². The first-order chi connectivity index (χ1) is 15.2. The van der Waals surface area contributed by atoms with Crippen LogP contribution in [0, 0.1) is 0 Å². The molecule has 0 bridgehead atoms. The lowest BCUT2D eigenvalue weighted by molar-refractivity contribution is 0.145. The lowest BCUT2D eigenvalue weighted by Gasteiger charge is -2.13. The monoisotopic (exact) mass is 429 g/mol. The Balaban J connectivity index is 1.90. The van der Waals surface area contributed by atoms with E-state index < -0.39 is 0 Å². The molecule has 0 heterocycles. The molecule has 0 fully saturated rings. The first kappa shape index (κ1) is 24.5. The number of ether oxygens (including phenoxy) is 4. The number of benzene rings is 2. The second-order valence-corrected chi connectivity index (χ2v) is 6.83. The van der Waals surface area contributed by atoms with Crippen molar-refractivity contribution in [1.29, 1.82) is 0 Å². The average molecular weight is 430 g/mol. The molecule has 2 rings (SSSR count). The number of guanidine groups is 1. The van der Waals surface area contributed by atoms with Gasteiger partial charge in [0.1, 0.15) is 18.1 Å². The van der Waals surface area contributed by atoms with Gasteiger partial charge in [0.2, 0.25) is 0 Å². The Morgan fingerprint density at radius 1 is 0.839 bits per heavy atom. The van der Waals surface area contributed by atoms with Gasteiger partial charge in [0, 0.05) is 33.4 Å². The van der Waals surface area contributed by atoms with E-state index in [-0.39, 0.29) is 0 Å². The third-order valence-electron chi connectivity index (χ3n) is 4.48. The van der Waals surface area contributed by atoms with Crippen LogP contribution < -0.4 is 20.1 Å². The molecule has 31 heavy (non-hydrogen) atoms. The number of methoxy groups -OCH3 is 2. The number of hydrogen-bond acceptors (Lipinski definition) is 5. The second-order valence-electron chi connectivity index (χ2n) is 6.83. The second kappa shape index (κ2) is 15.1. The van der Waals surface area contributed by atoms with Gasteiger partial charge in [-0.3, -0.25) is 0 Å². The van der Waals surface area contributed by atoms with Gasteiger partial charge in [-0.1, -0.05) is 24.3 Å². The quantitative estimate of drug-likeness (QED) is 0.272. The number of hydrogen-bond donors (Lipinski definition) is 2. The Kier molecular flexibility index (Phi) is 11.9. The Morgan fingerprint density at radius 3 is 2.23 bits per heavy atom. The van der Waals surface area contributed by atoms with Crippen LogP contribution >= 0.6 is 0 Å². The molecular weight excluding hydrogens is 394 g/mol. The van der Waals surface area contributed by atoms with Gasteiger partial charge in [-0.25, -0.2) is 4.99 Å². The molecule has 0 spiro atoms. The summed E-state index contributed by atoms with van der Waals surface area (Å²) >= 11 is 0.